The molecule has 2 bridgehead atoms. The van der Waals surface area contributed by atoms with Gasteiger partial charge in [0, 0.05) is 6.61 Å². The minimum Gasteiger partial charge on any atom is -0.378 e. The van der Waals surface area contributed by atoms with Crippen LogP contribution < -0.4 is 0 Å². The molecule has 1 saturated carbocycles. The number of unbranched alkanes of at least 4 members (excludes halogenated alkanes) is 3. The molecular formula is C16H26O. The number of fused-ring (bicyclic) bond motifs is 2. The molecule has 0 radical (unpaired) electrons. The maximum atomic E-state index is 5.44. The monoisotopic (exact) mass is 234 g/mol. The third kappa shape index (κ3) is 2.93. The average Bonchev–Trinajstić information content (AvgIpc) is 2.87. The fourth-order valence-corrected chi connectivity index (χ4v) is 3.87. The lowest BCUT2D eigenvalue weighted by molar-refractivity contribution is -0.0556. The van der Waals surface area contributed by atoms with Crippen molar-refractivity contribution in [3.8, 4) is 0 Å². The molecule has 1 aliphatic heterocycles. The summed E-state index contributed by atoms with van der Waals surface area (Å²) in [7, 11) is 0. The summed E-state index contributed by atoms with van der Waals surface area (Å²) in [6, 6.07) is 0. The highest BCUT2D eigenvalue weighted by Gasteiger charge is 2.34. The molecule has 3 aliphatic rings. The minimum absolute atomic E-state index is 0.630. The molecule has 96 valence electrons. The maximum absolute atomic E-state index is 5.44. The van der Waals surface area contributed by atoms with E-state index in [0.29, 0.717) is 6.10 Å². The van der Waals surface area contributed by atoms with E-state index in [1.807, 2.05) is 0 Å². The van der Waals surface area contributed by atoms with Crippen molar-refractivity contribution in [3.63, 3.8) is 0 Å². The van der Waals surface area contributed by atoms with Crippen LogP contribution in [0.3, 0.4) is 0 Å². The number of rotatable bonds is 7. The van der Waals surface area contributed by atoms with Crippen molar-refractivity contribution in [2.24, 2.45) is 17.8 Å². The summed E-state index contributed by atoms with van der Waals surface area (Å²) in [6.45, 7) is 1.02. The maximum Gasteiger partial charge on any atom is 0.0597 e. The van der Waals surface area contributed by atoms with Crippen LogP contribution in [-0.2, 0) is 4.74 Å². The molecule has 2 aliphatic carbocycles. The van der Waals surface area contributed by atoms with Crippen LogP contribution in [-0.4, -0.2) is 12.7 Å². The molecule has 4 unspecified atom stereocenters. The summed E-state index contributed by atoms with van der Waals surface area (Å²) in [6.07, 6.45) is 18.4. The SMILES string of the molecule is C1=CC2CC1CC2CCCCCCC1CCO1. The van der Waals surface area contributed by atoms with Crippen molar-refractivity contribution < 1.29 is 4.74 Å². The Hall–Kier alpha value is -0.300. The topological polar surface area (TPSA) is 9.23 Å². The van der Waals surface area contributed by atoms with Gasteiger partial charge in [-0.3, -0.25) is 0 Å². The van der Waals surface area contributed by atoms with Gasteiger partial charge in [-0.05, 0) is 49.9 Å². The Bertz CT molecular complexity index is 267. The molecule has 0 aromatic rings. The van der Waals surface area contributed by atoms with E-state index in [1.165, 1.54) is 57.8 Å². The average molecular weight is 234 g/mol. The van der Waals surface area contributed by atoms with Crippen LogP contribution in [0.25, 0.3) is 0 Å². The molecule has 0 aromatic carbocycles. The molecule has 1 nitrogen and oxygen atoms in total. The van der Waals surface area contributed by atoms with Gasteiger partial charge in [0.05, 0.1) is 6.10 Å². The van der Waals surface area contributed by atoms with E-state index in [2.05, 4.69) is 12.2 Å². The highest BCUT2D eigenvalue weighted by atomic mass is 16.5. The van der Waals surface area contributed by atoms with Crippen molar-refractivity contribution >= 4 is 0 Å². The van der Waals surface area contributed by atoms with E-state index < -0.39 is 0 Å². The second-order valence-corrected chi connectivity index (χ2v) is 6.31. The number of hydrogen-bond acceptors (Lipinski definition) is 1. The van der Waals surface area contributed by atoms with Crippen molar-refractivity contribution in [1.29, 1.82) is 0 Å². The van der Waals surface area contributed by atoms with Crippen molar-refractivity contribution in [2.75, 3.05) is 6.61 Å². The Morgan fingerprint density at radius 1 is 0.941 bits per heavy atom. The first-order valence-electron chi connectivity index (χ1n) is 7.72. The van der Waals surface area contributed by atoms with Gasteiger partial charge < -0.3 is 4.74 Å². The van der Waals surface area contributed by atoms with E-state index in [0.717, 1.165) is 24.4 Å². The van der Waals surface area contributed by atoms with Gasteiger partial charge in [-0.25, -0.2) is 0 Å². The zero-order valence-electron chi connectivity index (χ0n) is 10.9. The van der Waals surface area contributed by atoms with E-state index >= 15 is 0 Å². The van der Waals surface area contributed by atoms with Crippen LogP contribution >= 0.6 is 0 Å². The molecule has 0 N–H and O–H groups in total. The van der Waals surface area contributed by atoms with Gasteiger partial charge in [0.25, 0.3) is 0 Å². The molecule has 1 heterocycles. The van der Waals surface area contributed by atoms with E-state index in [4.69, 9.17) is 4.74 Å². The predicted octanol–water partition coefficient (Wildman–Crippen LogP) is 4.33. The van der Waals surface area contributed by atoms with Crippen molar-refractivity contribution in [1.82, 2.24) is 0 Å². The van der Waals surface area contributed by atoms with Crippen LogP contribution in [0.4, 0.5) is 0 Å². The largest absolute Gasteiger partial charge is 0.378 e. The first-order chi connectivity index (χ1) is 8.42. The highest BCUT2D eigenvalue weighted by Crippen LogP contribution is 2.45. The quantitative estimate of drug-likeness (QED) is 0.470. The molecule has 17 heavy (non-hydrogen) atoms. The molecule has 2 fully saturated rings. The fraction of sp³-hybridized carbons (Fsp3) is 0.875. The first kappa shape index (κ1) is 11.8. The van der Waals surface area contributed by atoms with Gasteiger partial charge in [0.2, 0.25) is 0 Å². The summed E-state index contributed by atoms with van der Waals surface area (Å²) >= 11 is 0. The summed E-state index contributed by atoms with van der Waals surface area (Å²) in [5, 5.41) is 0. The van der Waals surface area contributed by atoms with Gasteiger partial charge in [-0.1, -0.05) is 37.8 Å². The summed E-state index contributed by atoms with van der Waals surface area (Å²) in [5.74, 6) is 2.96. The molecule has 0 amide bonds. The zero-order valence-corrected chi connectivity index (χ0v) is 10.9. The molecule has 0 spiro atoms. The van der Waals surface area contributed by atoms with Crippen LogP contribution in [0.2, 0.25) is 0 Å². The minimum atomic E-state index is 0.630. The summed E-state index contributed by atoms with van der Waals surface area (Å²) < 4.78 is 5.44. The van der Waals surface area contributed by atoms with Gasteiger partial charge in [0.15, 0.2) is 0 Å². The van der Waals surface area contributed by atoms with Gasteiger partial charge >= 0.3 is 0 Å². The second-order valence-electron chi connectivity index (χ2n) is 6.31. The Balaban J connectivity index is 1.20. The number of allylic oxidation sites excluding steroid dienone is 2. The Labute approximate surface area is 106 Å². The van der Waals surface area contributed by atoms with E-state index in [9.17, 15) is 0 Å². The fourth-order valence-electron chi connectivity index (χ4n) is 3.87. The van der Waals surface area contributed by atoms with Crippen LogP contribution in [0.15, 0.2) is 12.2 Å². The molecule has 1 heteroatoms. The Morgan fingerprint density at radius 2 is 1.76 bits per heavy atom. The third-order valence-corrected chi connectivity index (χ3v) is 5.06. The normalized spacial score (nSPS) is 38.6. The summed E-state index contributed by atoms with van der Waals surface area (Å²) in [4.78, 5) is 0. The Kier molecular flexibility index (Phi) is 3.85. The van der Waals surface area contributed by atoms with Gasteiger partial charge in [-0.2, -0.15) is 0 Å². The standard InChI is InChI=1S/C16H26O/c1(2-4-6-16-9-10-17-16)3-5-14-11-13-7-8-15(14)12-13/h7-8,13-16H,1-6,9-12H2. The molecule has 4 atom stereocenters. The predicted molar refractivity (Wildman–Crippen MR) is 70.9 cm³/mol. The number of hydrogen-bond donors (Lipinski definition) is 0. The zero-order chi connectivity index (χ0) is 11.5. The molecule has 0 aromatic heterocycles. The lowest BCUT2D eigenvalue weighted by Gasteiger charge is -2.26. The van der Waals surface area contributed by atoms with E-state index in [1.54, 1.807) is 0 Å². The highest BCUT2D eigenvalue weighted by molar-refractivity contribution is 5.09. The van der Waals surface area contributed by atoms with Crippen LogP contribution in [0.1, 0.15) is 57.8 Å². The summed E-state index contributed by atoms with van der Waals surface area (Å²) in [5.41, 5.74) is 0. The lowest BCUT2D eigenvalue weighted by Crippen LogP contribution is -2.26. The second kappa shape index (κ2) is 5.56. The molecule has 3 rings (SSSR count). The van der Waals surface area contributed by atoms with Gasteiger partial charge in [0.1, 0.15) is 0 Å². The van der Waals surface area contributed by atoms with Crippen LogP contribution in [0.5, 0.6) is 0 Å². The Morgan fingerprint density at radius 3 is 2.35 bits per heavy atom. The molecular weight excluding hydrogens is 208 g/mol. The van der Waals surface area contributed by atoms with Crippen molar-refractivity contribution in [3.05, 3.63) is 12.2 Å². The van der Waals surface area contributed by atoms with Crippen LogP contribution in [0, 0.1) is 17.8 Å². The third-order valence-electron chi connectivity index (χ3n) is 5.06. The smallest absolute Gasteiger partial charge is 0.0597 e. The van der Waals surface area contributed by atoms with Crippen molar-refractivity contribution in [2.45, 2.75) is 63.9 Å². The van der Waals surface area contributed by atoms with Gasteiger partial charge in [-0.15, -0.1) is 0 Å². The number of ether oxygens (including phenoxy) is 1. The van der Waals surface area contributed by atoms with E-state index in [-0.39, 0.29) is 0 Å². The first-order valence-corrected chi connectivity index (χ1v) is 7.72. The lowest BCUT2D eigenvalue weighted by atomic mass is 9.88. The molecule has 1 saturated heterocycles.